The number of aromatic nitrogens is 1. The summed E-state index contributed by atoms with van der Waals surface area (Å²) in [6, 6.07) is 4.62. The third-order valence-corrected chi connectivity index (χ3v) is 2.75. The molecular formula is C13H20N2O2. The molecule has 1 aliphatic rings. The smallest absolute Gasteiger partial charge is 0.137 e. The lowest BCUT2D eigenvalue weighted by molar-refractivity contribution is 0.155. The largest absolute Gasteiger partial charge is 0.492 e. The van der Waals surface area contributed by atoms with Gasteiger partial charge < -0.3 is 15.2 Å². The summed E-state index contributed by atoms with van der Waals surface area (Å²) in [5, 5.41) is 12.5. The molecule has 4 nitrogen and oxygen atoms in total. The number of nitrogens with one attached hydrogen (secondary N) is 1. The Morgan fingerprint density at radius 3 is 2.94 bits per heavy atom. The van der Waals surface area contributed by atoms with Crippen LogP contribution in [-0.4, -0.2) is 28.8 Å². The van der Waals surface area contributed by atoms with Crippen LogP contribution in [0, 0.1) is 0 Å². The van der Waals surface area contributed by atoms with Crippen LogP contribution in [0.25, 0.3) is 0 Å². The standard InChI is InChI=1S/C13H20N2O2/c1-10(16)6-7-17-13-5-4-12(15-9-13)8-14-11-2-3-11/h4-5,9-11,14,16H,2-3,6-8H2,1H3. The van der Waals surface area contributed by atoms with Gasteiger partial charge in [-0.3, -0.25) is 4.98 Å². The maximum atomic E-state index is 9.10. The first-order valence-electron chi connectivity index (χ1n) is 6.23. The predicted octanol–water partition coefficient (Wildman–Crippen LogP) is 1.48. The molecule has 1 aromatic heterocycles. The third-order valence-electron chi connectivity index (χ3n) is 2.75. The van der Waals surface area contributed by atoms with Crippen molar-refractivity contribution in [3.05, 3.63) is 24.0 Å². The van der Waals surface area contributed by atoms with E-state index in [1.807, 2.05) is 12.1 Å². The second-order valence-electron chi connectivity index (χ2n) is 4.63. The van der Waals surface area contributed by atoms with Gasteiger partial charge in [0.25, 0.3) is 0 Å². The Balaban J connectivity index is 1.72. The van der Waals surface area contributed by atoms with Crippen molar-refractivity contribution in [2.24, 2.45) is 0 Å². The van der Waals surface area contributed by atoms with Crippen LogP contribution in [0.2, 0.25) is 0 Å². The summed E-state index contributed by atoms with van der Waals surface area (Å²) in [5.41, 5.74) is 1.04. The summed E-state index contributed by atoms with van der Waals surface area (Å²) in [6.45, 7) is 3.12. The fraction of sp³-hybridized carbons (Fsp3) is 0.615. The number of pyridine rings is 1. The normalized spacial score (nSPS) is 16.8. The quantitative estimate of drug-likeness (QED) is 0.753. The number of hydrogen-bond donors (Lipinski definition) is 2. The maximum absolute atomic E-state index is 9.10. The Bertz CT molecular complexity index is 334. The highest BCUT2D eigenvalue weighted by Crippen LogP contribution is 2.19. The number of nitrogens with zero attached hydrogens (tertiary/aromatic N) is 1. The Hall–Kier alpha value is -1.13. The maximum Gasteiger partial charge on any atom is 0.137 e. The fourth-order valence-electron chi connectivity index (χ4n) is 1.48. The van der Waals surface area contributed by atoms with E-state index in [4.69, 9.17) is 9.84 Å². The molecule has 1 aromatic rings. The number of aliphatic hydroxyl groups excluding tert-OH is 1. The lowest BCUT2D eigenvalue weighted by Crippen LogP contribution is -2.16. The molecule has 0 radical (unpaired) electrons. The summed E-state index contributed by atoms with van der Waals surface area (Å²) in [6.07, 6.45) is 4.66. The molecule has 1 atom stereocenters. The van der Waals surface area contributed by atoms with Crippen molar-refractivity contribution in [3.8, 4) is 5.75 Å². The molecule has 1 aliphatic carbocycles. The number of aliphatic hydroxyl groups is 1. The first-order chi connectivity index (χ1) is 8.24. The van der Waals surface area contributed by atoms with Crippen molar-refractivity contribution in [2.75, 3.05) is 6.61 Å². The fourth-order valence-corrected chi connectivity index (χ4v) is 1.48. The van der Waals surface area contributed by atoms with Crippen LogP contribution in [0.4, 0.5) is 0 Å². The Morgan fingerprint density at radius 2 is 2.35 bits per heavy atom. The highest BCUT2D eigenvalue weighted by atomic mass is 16.5. The number of hydrogen-bond acceptors (Lipinski definition) is 4. The molecule has 2 N–H and O–H groups in total. The average Bonchev–Trinajstić information content (AvgIpc) is 3.11. The van der Waals surface area contributed by atoms with Crippen LogP contribution in [0.1, 0.15) is 31.9 Å². The van der Waals surface area contributed by atoms with Crippen molar-refractivity contribution < 1.29 is 9.84 Å². The monoisotopic (exact) mass is 236 g/mol. The van der Waals surface area contributed by atoms with Gasteiger partial charge in [-0.15, -0.1) is 0 Å². The molecule has 0 spiro atoms. The second kappa shape index (κ2) is 5.98. The molecule has 2 rings (SSSR count). The Labute approximate surface area is 102 Å². The molecule has 1 unspecified atom stereocenters. The van der Waals surface area contributed by atoms with E-state index in [-0.39, 0.29) is 6.10 Å². The van der Waals surface area contributed by atoms with Gasteiger partial charge in [0.05, 0.1) is 24.6 Å². The molecule has 0 saturated heterocycles. The van der Waals surface area contributed by atoms with Gasteiger partial charge in [-0.1, -0.05) is 0 Å². The zero-order chi connectivity index (χ0) is 12.1. The molecule has 1 fully saturated rings. The summed E-state index contributed by atoms with van der Waals surface area (Å²) >= 11 is 0. The van der Waals surface area contributed by atoms with Gasteiger partial charge in [-0.05, 0) is 31.9 Å². The molecule has 1 heterocycles. The van der Waals surface area contributed by atoms with E-state index >= 15 is 0 Å². The van der Waals surface area contributed by atoms with E-state index in [1.165, 1.54) is 12.8 Å². The summed E-state index contributed by atoms with van der Waals surface area (Å²) in [7, 11) is 0. The van der Waals surface area contributed by atoms with E-state index < -0.39 is 0 Å². The van der Waals surface area contributed by atoms with Gasteiger partial charge in [-0.25, -0.2) is 0 Å². The average molecular weight is 236 g/mol. The van der Waals surface area contributed by atoms with Crippen LogP contribution in [-0.2, 0) is 6.54 Å². The van der Waals surface area contributed by atoms with Crippen LogP contribution < -0.4 is 10.1 Å². The Kier molecular flexibility index (Phi) is 4.34. The molecule has 4 heteroatoms. The molecule has 94 valence electrons. The van der Waals surface area contributed by atoms with Crippen LogP contribution >= 0.6 is 0 Å². The first kappa shape index (κ1) is 12.3. The zero-order valence-corrected chi connectivity index (χ0v) is 10.2. The molecule has 17 heavy (non-hydrogen) atoms. The lowest BCUT2D eigenvalue weighted by Gasteiger charge is -2.08. The van der Waals surface area contributed by atoms with Crippen LogP contribution in [0.5, 0.6) is 5.75 Å². The van der Waals surface area contributed by atoms with Crippen molar-refractivity contribution in [1.82, 2.24) is 10.3 Å². The van der Waals surface area contributed by atoms with Crippen molar-refractivity contribution in [2.45, 2.75) is 44.9 Å². The van der Waals surface area contributed by atoms with Gasteiger partial charge >= 0.3 is 0 Å². The second-order valence-corrected chi connectivity index (χ2v) is 4.63. The van der Waals surface area contributed by atoms with E-state index in [9.17, 15) is 0 Å². The lowest BCUT2D eigenvalue weighted by atomic mass is 10.3. The zero-order valence-electron chi connectivity index (χ0n) is 10.2. The van der Waals surface area contributed by atoms with Gasteiger partial charge in [0.1, 0.15) is 5.75 Å². The number of rotatable bonds is 7. The van der Waals surface area contributed by atoms with Gasteiger partial charge in [-0.2, -0.15) is 0 Å². The first-order valence-corrected chi connectivity index (χ1v) is 6.23. The summed E-state index contributed by atoms with van der Waals surface area (Å²) < 4.78 is 5.47. The van der Waals surface area contributed by atoms with E-state index in [2.05, 4.69) is 10.3 Å². The SMILES string of the molecule is CC(O)CCOc1ccc(CNC2CC2)nc1. The number of ether oxygens (including phenoxy) is 1. The van der Waals surface area contributed by atoms with Gasteiger partial charge in [0, 0.05) is 19.0 Å². The van der Waals surface area contributed by atoms with E-state index in [0.717, 1.165) is 18.0 Å². The minimum absolute atomic E-state index is 0.315. The highest BCUT2D eigenvalue weighted by molar-refractivity contribution is 5.19. The minimum atomic E-state index is -0.315. The van der Waals surface area contributed by atoms with E-state index in [1.54, 1.807) is 13.1 Å². The predicted molar refractivity (Wildman–Crippen MR) is 65.9 cm³/mol. The van der Waals surface area contributed by atoms with Gasteiger partial charge in [0.15, 0.2) is 0 Å². The molecule has 0 bridgehead atoms. The van der Waals surface area contributed by atoms with Crippen molar-refractivity contribution >= 4 is 0 Å². The summed E-state index contributed by atoms with van der Waals surface area (Å²) in [4.78, 5) is 4.33. The third kappa shape index (κ3) is 4.71. The molecule has 0 aliphatic heterocycles. The molecular weight excluding hydrogens is 216 g/mol. The molecule has 0 amide bonds. The topological polar surface area (TPSA) is 54.4 Å². The molecule has 0 aromatic carbocycles. The van der Waals surface area contributed by atoms with E-state index in [0.29, 0.717) is 19.1 Å². The van der Waals surface area contributed by atoms with Crippen LogP contribution in [0.15, 0.2) is 18.3 Å². The Morgan fingerprint density at radius 1 is 1.53 bits per heavy atom. The molecule has 1 saturated carbocycles. The van der Waals surface area contributed by atoms with Crippen LogP contribution in [0.3, 0.4) is 0 Å². The highest BCUT2D eigenvalue weighted by Gasteiger charge is 2.19. The summed E-state index contributed by atoms with van der Waals surface area (Å²) in [5.74, 6) is 0.765. The van der Waals surface area contributed by atoms with Crippen molar-refractivity contribution in [1.29, 1.82) is 0 Å². The van der Waals surface area contributed by atoms with Gasteiger partial charge in [0.2, 0.25) is 0 Å². The minimum Gasteiger partial charge on any atom is -0.492 e. The van der Waals surface area contributed by atoms with Crippen molar-refractivity contribution in [3.63, 3.8) is 0 Å².